The third-order valence-corrected chi connectivity index (χ3v) is 10.0. The average Bonchev–Trinajstić information content (AvgIpc) is 3.12. The lowest BCUT2D eigenvalue weighted by molar-refractivity contribution is -0.152. The van der Waals surface area contributed by atoms with Crippen LogP contribution in [0.15, 0.2) is 12.2 Å². The van der Waals surface area contributed by atoms with E-state index in [9.17, 15) is 14.7 Å². The molecule has 0 amide bonds. The average molecular weight is 707 g/mol. The van der Waals surface area contributed by atoms with E-state index in [2.05, 4.69) is 26.0 Å². The standard InChI is InChI=1S/C45H86O5/c1-3-5-7-9-11-13-15-17-19-21-22-24-26-28-30-32-34-36-38-40-45(48)50-42-43(46)41-49-44(47)39-37-35-33-31-29-27-25-23-20-18-16-14-12-10-8-6-4-2/h18,20,43,46H,3-17,19,21-42H2,1-2H3/b20-18-/t43-/m0/s1. The van der Waals surface area contributed by atoms with E-state index in [-0.39, 0.29) is 25.2 Å². The maximum absolute atomic E-state index is 12.0. The predicted molar refractivity (Wildman–Crippen MR) is 215 cm³/mol. The van der Waals surface area contributed by atoms with Crippen LogP contribution in [-0.4, -0.2) is 36.4 Å². The van der Waals surface area contributed by atoms with Gasteiger partial charge in [-0.05, 0) is 38.5 Å². The molecule has 0 heterocycles. The van der Waals surface area contributed by atoms with Crippen LogP contribution in [-0.2, 0) is 19.1 Å². The highest BCUT2D eigenvalue weighted by atomic mass is 16.6. The van der Waals surface area contributed by atoms with Crippen molar-refractivity contribution in [3.8, 4) is 0 Å². The summed E-state index contributed by atoms with van der Waals surface area (Å²) < 4.78 is 10.4. The molecule has 0 aliphatic rings. The van der Waals surface area contributed by atoms with Crippen molar-refractivity contribution < 1.29 is 24.2 Å². The van der Waals surface area contributed by atoms with Gasteiger partial charge >= 0.3 is 11.9 Å². The number of rotatable bonds is 41. The molecule has 50 heavy (non-hydrogen) atoms. The number of aliphatic hydroxyl groups excluding tert-OH is 1. The van der Waals surface area contributed by atoms with Crippen LogP contribution < -0.4 is 0 Å². The van der Waals surface area contributed by atoms with Crippen LogP contribution in [0.3, 0.4) is 0 Å². The van der Waals surface area contributed by atoms with Crippen molar-refractivity contribution in [2.45, 2.75) is 251 Å². The first-order valence-electron chi connectivity index (χ1n) is 22.2. The molecular weight excluding hydrogens is 620 g/mol. The Hall–Kier alpha value is -1.36. The maximum atomic E-state index is 12.0. The van der Waals surface area contributed by atoms with Gasteiger partial charge in [0.15, 0.2) is 0 Å². The van der Waals surface area contributed by atoms with Gasteiger partial charge in [0.05, 0.1) is 0 Å². The molecule has 296 valence electrons. The Labute approximate surface area is 311 Å². The minimum atomic E-state index is -0.960. The summed E-state index contributed by atoms with van der Waals surface area (Å²) in [5.74, 6) is -0.556. The molecule has 0 saturated heterocycles. The van der Waals surface area contributed by atoms with Gasteiger partial charge in [-0.25, -0.2) is 0 Å². The molecule has 1 atom stereocenters. The first kappa shape index (κ1) is 48.6. The molecule has 0 saturated carbocycles. The van der Waals surface area contributed by atoms with Gasteiger partial charge in [0.2, 0.25) is 0 Å². The second-order valence-electron chi connectivity index (χ2n) is 15.2. The van der Waals surface area contributed by atoms with Crippen molar-refractivity contribution in [3.63, 3.8) is 0 Å². The van der Waals surface area contributed by atoms with Crippen molar-refractivity contribution in [2.24, 2.45) is 0 Å². The molecule has 0 aromatic rings. The lowest BCUT2D eigenvalue weighted by atomic mass is 10.0. The van der Waals surface area contributed by atoms with Gasteiger partial charge in [-0.2, -0.15) is 0 Å². The number of carbonyl (C=O) groups excluding carboxylic acids is 2. The van der Waals surface area contributed by atoms with E-state index in [0.29, 0.717) is 12.8 Å². The zero-order chi connectivity index (χ0) is 36.4. The molecular formula is C45H86O5. The Kier molecular flexibility index (Phi) is 40.9. The van der Waals surface area contributed by atoms with E-state index in [1.165, 1.54) is 186 Å². The Bertz CT molecular complexity index is 720. The van der Waals surface area contributed by atoms with Crippen molar-refractivity contribution >= 4 is 11.9 Å². The highest BCUT2D eigenvalue weighted by Gasteiger charge is 2.12. The van der Waals surface area contributed by atoms with Crippen LogP contribution in [0.4, 0.5) is 0 Å². The second kappa shape index (κ2) is 42.1. The monoisotopic (exact) mass is 707 g/mol. The molecule has 0 aliphatic carbocycles. The zero-order valence-electron chi connectivity index (χ0n) is 33.7. The predicted octanol–water partition coefficient (Wildman–Crippen LogP) is 14.1. The summed E-state index contributed by atoms with van der Waals surface area (Å²) in [5, 5.41) is 10.0. The quantitative estimate of drug-likeness (QED) is 0.0389. The number of aliphatic hydroxyl groups is 1. The van der Waals surface area contributed by atoms with E-state index < -0.39 is 6.10 Å². The Morgan fingerprint density at radius 1 is 0.400 bits per heavy atom. The van der Waals surface area contributed by atoms with Crippen LogP contribution in [0.1, 0.15) is 245 Å². The molecule has 0 aromatic carbocycles. The maximum Gasteiger partial charge on any atom is 0.305 e. The SMILES string of the molecule is CCCCCCCC/C=C\CCCCCCCCCC(=O)OC[C@H](O)COC(=O)CCCCCCCCCCCCCCCCCCCCC. The van der Waals surface area contributed by atoms with Gasteiger partial charge in [0, 0.05) is 12.8 Å². The molecule has 1 N–H and O–H groups in total. The summed E-state index contributed by atoms with van der Waals surface area (Å²) in [6, 6.07) is 0. The van der Waals surface area contributed by atoms with Gasteiger partial charge < -0.3 is 14.6 Å². The number of unbranched alkanes of at least 4 members (excludes halogenated alkanes) is 31. The van der Waals surface area contributed by atoms with Crippen LogP contribution in [0.2, 0.25) is 0 Å². The van der Waals surface area contributed by atoms with Crippen molar-refractivity contribution in [1.82, 2.24) is 0 Å². The second-order valence-corrected chi connectivity index (χ2v) is 15.2. The molecule has 0 rings (SSSR count). The summed E-state index contributed by atoms with van der Waals surface area (Å²) in [6.45, 7) is 4.33. The molecule has 0 fully saturated rings. The van der Waals surface area contributed by atoms with Crippen molar-refractivity contribution in [2.75, 3.05) is 13.2 Å². The highest BCUT2D eigenvalue weighted by Crippen LogP contribution is 2.16. The first-order valence-corrected chi connectivity index (χ1v) is 22.2. The summed E-state index contributed by atoms with van der Waals surface area (Å²) in [7, 11) is 0. The Morgan fingerprint density at radius 3 is 0.920 bits per heavy atom. The topological polar surface area (TPSA) is 72.8 Å². The first-order chi connectivity index (χ1) is 24.6. The molecule has 0 bridgehead atoms. The minimum absolute atomic E-state index is 0.111. The van der Waals surface area contributed by atoms with E-state index in [4.69, 9.17) is 9.47 Å². The summed E-state index contributed by atoms with van der Waals surface area (Å²) >= 11 is 0. The molecule has 5 nitrogen and oxygen atoms in total. The van der Waals surface area contributed by atoms with Crippen molar-refractivity contribution in [1.29, 1.82) is 0 Å². The fraction of sp³-hybridized carbons (Fsp3) is 0.911. The lowest BCUT2D eigenvalue weighted by Crippen LogP contribution is -2.25. The number of esters is 2. The van der Waals surface area contributed by atoms with Gasteiger partial charge in [0.1, 0.15) is 19.3 Å². The van der Waals surface area contributed by atoms with E-state index in [1.54, 1.807) is 0 Å². The van der Waals surface area contributed by atoms with E-state index in [1.807, 2.05) is 0 Å². The van der Waals surface area contributed by atoms with Gasteiger partial charge in [-0.15, -0.1) is 0 Å². The van der Waals surface area contributed by atoms with Gasteiger partial charge in [0.25, 0.3) is 0 Å². The normalized spacial score (nSPS) is 12.1. The fourth-order valence-electron chi connectivity index (χ4n) is 6.61. The summed E-state index contributed by atoms with van der Waals surface area (Å²) in [6.07, 6.45) is 48.5. The van der Waals surface area contributed by atoms with Gasteiger partial charge in [-0.3, -0.25) is 9.59 Å². The molecule has 0 aliphatic heterocycles. The molecule has 0 radical (unpaired) electrons. The highest BCUT2D eigenvalue weighted by molar-refractivity contribution is 5.69. The third kappa shape index (κ3) is 41.1. The largest absolute Gasteiger partial charge is 0.463 e. The van der Waals surface area contributed by atoms with Crippen LogP contribution >= 0.6 is 0 Å². The zero-order valence-corrected chi connectivity index (χ0v) is 33.7. The molecule has 5 heteroatoms. The number of allylic oxidation sites excluding steroid dienone is 2. The molecule has 0 unspecified atom stereocenters. The van der Waals surface area contributed by atoms with Crippen LogP contribution in [0.5, 0.6) is 0 Å². The summed E-state index contributed by atoms with van der Waals surface area (Å²) in [5.41, 5.74) is 0. The minimum Gasteiger partial charge on any atom is -0.463 e. The number of hydrogen-bond donors (Lipinski definition) is 1. The van der Waals surface area contributed by atoms with Crippen molar-refractivity contribution in [3.05, 3.63) is 12.2 Å². The fourth-order valence-corrected chi connectivity index (χ4v) is 6.61. The Morgan fingerprint density at radius 2 is 0.640 bits per heavy atom. The Balaban J connectivity index is 3.38. The van der Waals surface area contributed by atoms with E-state index in [0.717, 1.165) is 32.1 Å². The smallest absolute Gasteiger partial charge is 0.305 e. The number of hydrogen-bond acceptors (Lipinski definition) is 5. The lowest BCUT2D eigenvalue weighted by Gasteiger charge is -2.12. The number of carbonyl (C=O) groups is 2. The molecule has 0 spiro atoms. The van der Waals surface area contributed by atoms with Crippen LogP contribution in [0, 0.1) is 0 Å². The van der Waals surface area contributed by atoms with E-state index >= 15 is 0 Å². The molecule has 0 aromatic heterocycles. The third-order valence-electron chi connectivity index (χ3n) is 10.0. The van der Waals surface area contributed by atoms with Crippen LogP contribution in [0.25, 0.3) is 0 Å². The summed E-state index contributed by atoms with van der Waals surface area (Å²) in [4.78, 5) is 24.0. The van der Waals surface area contributed by atoms with Gasteiger partial charge in [-0.1, -0.05) is 206 Å². The number of ether oxygens (including phenoxy) is 2.